The van der Waals surface area contributed by atoms with Crippen LogP contribution in [0.5, 0.6) is 0 Å². The molecule has 0 spiro atoms. The van der Waals surface area contributed by atoms with Gasteiger partial charge >= 0.3 is 0 Å². The van der Waals surface area contributed by atoms with Gasteiger partial charge in [0.05, 0.1) is 16.2 Å². The number of anilines is 1. The molecule has 0 atom stereocenters. The molecule has 7 nitrogen and oxygen atoms in total. The maximum Gasteiger partial charge on any atom is 0.275 e. The van der Waals surface area contributed by atoms with Gasteiger partial charge in [-0.1, -0.05) is 0 Å². The first-order valence-corrected chi connectivity index (χ1v) is 4.26. The summed E-state index contributed by atoms with van der Waals surface area (Å²) in [6.07, 6.45) is 0.372. The van der Waals surface area contributed by atoms with Crippen LogP contribution in [0.3, 0.4) is 0 Å². The first-order valence-electron chi connectivity index (χ1n) is 4.26. The second-order valence-electron chi connectivity index (χ2n) is 3.05. The molecule has 7 heteroatoms. The van der Waals surface area contributed by atoms with Crippen molar-refractivity contribution in [3.8, 4) is 0 Å². The van der Waals surface area contributed by atoms with Crippen LogP contribution < -0.4 is 11.1 Å². The summed E-state index contributed by atoms with van der Waals surface area (Å²) in [4.78, 5) is 31.3. The van der Waals surface area contributed by atoms with Crippen molar-refractivity contribution in [1.29, 1.82) is 0 Å². The first kappa shape index (κ1) is 11.6. The number of nitrogens with zero attached hydrogens (tertiary/aromatic N) is 1. The van der Waals surface area contributed by atoms with Crippen molar-refractivity contribution in [3.05, 3.63) is 33.4 Å². The van der Waals surface area contributed by atoms with E-state index in [-0.39, 0.29) is 22.5 Å². The van der Waals surface area contributed by atoms with Crippen molar-refractivity contribution in [2.45, 2.75) is 6.92 Å². The van der Waals surface area contributed by atoms with E-state index in [9.17, 15) is 19.7 Å². The fraction of sp³-hybridized carbons (Fsp3) is 0.111. The summed E-state index contributed by atoms with van der Waals surface area (Å²) >= 11 is 0. The normalized spacial score (nSPS) is 9.56. The molecule has 2 amide bonds. The van der Waals surface area contributed by atoms with Crippen LogP contribution in [-0.4, -0.2) is 17.2 Å². The third-order valence-corrected chi connectivity index (χ3v) is 2.08. The van der Waals surface area contributed by atoms with Crippen LogP contribution >= 0.6 is 0 Å². The van der Waals surface area contributed by atoms with Crippen molar-refractivity contribution in [2.24, 2.45) is 5.73 Å². The highest BCUT2D eigenvalue weighted by Crippen LogP contribution is 2.27. The molecule has 0 saturated heterocycles. The largest absolute Gasteiger partial charge is 0.366 e. The highest BCUT2D eigenvalue weighted by Gasteiger charge is 2.17. The van der Waals surface area contributed by atoms with Gasteiger partial charge in [0, 0.05) is 11.6 Å². The Hall–Kier alpha value is -2.44. The minimum absolute atomic E-state index is 0.0262. The lowest BCUT2D eigenvalue weighted by atomic mass is 10.1. The van der Waals surface area contributed by atoms with E-state index in [1.165, 1.54) is 13.0 Å². The van der Waals surface area contributed by atoms with Gasteiger partial charge in [-0.25, -0.2) is 0 Å². The summed E-state index contributed by atoms with van der Waals surface area (Å²) < 4.78 is 0. The standard InChI is InChI=1S/C9H9N3O4/c1-5-7(11-4-13)2-6(9(10)14)3-8(5)12(15)16/h2-4H,1H3,(H2,10,14)(H,11,13). The van der Waals surface area contributed by atoms with E-state index in [1.807, 2.05) is 0 Å². The third kappa shape index (κ3) is 2.14. The molecule has 0 heterocycles. The van der Waals surface area contributed by atoms with Gasteiger partial charge in [0.1, 0.15) is 0 Å². The quantitative estimate of drug-likeness (QED) is 0.441. The number of hydrogen-bond donors (Lipinski definition) is 2. The molecular formula is C9H9N3O4. The van der Waals surface area contributed by atoms with E-state index < -0.39 is 10.8 Å². The van der Waals surface area contributed by atoms with Gasteiger partial charge in [0.15, 0.2) is 0 Å². The Kier molecular flexibility index (Phi) is 3.19. The molecule has 0 aliphatic carbocycles. The Morgan fingerprint density at radius 1 is 1.56 bits per heavy atom. The Morgan fingerprint density at radius 3 is 2.62 bits per heavy atom. The maximum atomic E-state index is 10.9. The summed E-state index contributed by atoms with van der Waals surface area (Å²) in [5.74, 6) is -0.794. The monoisotopic (exact) mass is 223 g/mol. The van der Waals surface area contributed by atoms with E-state index in [1.54, 1.807) is 0 Å². The molecule has 84 valence electrons. The number of nitrogens with one attached hydrogen (secondary N) is 1. The fourth-order valence-electron chi connectivity index (χ4n) is 1.24. The SMILES string of the molecule is Cc1c(NC=O)cc(C(N)=O)cc1[N+](=O)[O-]. The Labute approximate surface area is 90.4 Å². The molecule has 0 aliphatic heterocycles. The lowest BCUT2D eigenvalue weighted by Gasteiger charge is -2.06. The zero-order valence-electron chi connectivity index (χ0n) is 8.39. The molecule has 0 bridgehead atoms. The number of nitrogens with two attached hydrogens (primary N) is 1. The van der Waals surface area contributed by atoms with Crippen LogP contribution in [0, 0.1) is 17.0 Å². The van der Waals surface area contributed by atoms with E-state index in [2.05, 4.69) is 5.32 Å². The minimum atomic E-state index is -0.794. The van der Waals surface area contributed by atoms with Crippen molar-refractivity contribution < 1.29 is 14.5 Å². The Bertz CT molecular complexity index is 470. The van der Waals surface area contributed by atoms with E-state index in [4.69, 9.17) is 5.73 Å². The third-order valence-electron chi connectivity index (χ3n) is 2.08. The zero-order valence-corrected chi connectivity index (χ0v) is 8.39. The number of amides is 2. The number of nitro benzene ring substituents is 1. The Morgan fingerprint density at radius 2 is 2.19 bits per heavy atom. The lowest BCUT2D eigenvalue weighted by Crippen LogP contribution is -2.12. The van der Waals surface area contributed by atoms with Gasteiger partial charge in [0.25, 0.3) is 5.69 Å². The van der Waals surface area contributed by atoms with Gasteiger partial charge in [-0.05, 0) is 13.0 Å². The summed E-state index contributed by atoms with van der Waals surface area (Å²) in [7, 11) is 0. The van der Waals surface area contributed by atoms with Crippen molar-refractivity contribution in [2.75, 3.05) is 5.32 Å². The fourth-order valence-corrected chi connectivity index (χ4v) is 1.24. The van der Waals surface area contributed by atoms with Crippen molar-refractivity contribution >= 4 is 23.7 Å². The van der Waals surface area contributed by atoms with Crippen LogP contribution in [0.25, 0.3) is 0 Å². The lowest BCUT2D eigenvalue weighted by molar-refractivity contribution is -0.385. The van der Waals surface area contributed by atoms with Crippen LogP contribution in [0.15, 0.2) is 12.1 Å². The van der Waals surface area contributed by atoms with Crippen molar-refractivity contribution in [1.82, 2.24) is 0 Å². The first-order chi connectivity index (χ1) is 7.47. The molecule has 16 heavy (non-hydrogen) atoms. The zero-order chi connectivity index (χ0) is 12.3. The molecule has 0 fully saturated rings. The predicted molar refractivity (Wildman–Crippen MR) is 56.0 cm³/mol. The van der Waals surface area contributed by atoms with Gasteiger partial charge in [-0.2, -0.15) is 0 Å². The highest BCUT2D eigenvalue weighted by molar-refractivity contribution is 5.95. The average molecular weight is 223 g/mol. The predicted octanol–water partition coefficient (Wildman–Crippen LogP) is 0.570. The number of benzene rings is 1. The topological polar surface area (TPSA) is 115 Å². The number of rotatable bonds is 4. The number of carbonyl (C=O) groups is 2. The molecule has 0 unspecified atom stereocenters. The number of carbonyl (C=O) groups excluding carboxylic acids is 2. The number of nitro groups is 1. The average Bonchev–Trinajstić information content (AvgIpc) is 2.20. The van der Waals surface area contributed by atoms with E-state index in [0.29, 0.717) is 6.41 Å². The van der Waals surface area contributed by atoms with E-state index in [0.717, 1.165) is 6.07 Å². The number of primary amides is 1. The minimum Gasteiger partial charge on any atom is -0.366 e. The van der Waals surface area contributed by atoms with E-state index >= 15 is 0 Å². The second-order valence-corrected chi connectivity index (χ2v) is 3.05. The summed E-state index contributed by atoms with van der Waals surface area (Å²) in [6.45, 7) is 1.47. The number of hydrogen-bond acceptors (Lipinski definition) is 4. The van der Waals surface area contributed by atoms with Crippen LogP contribution in [-0.2, 0) is 4.79 Å². The van der Waals surface area contributed by atoms with Gasteiger partial charge < -0.3 is 11.1 Å². The molecule has 0 aliphatic rings. The molecule has 1 rings (SSSR count). The van der Waals surface area contributed by atoms with Gasteiger partial charge in [-0.3, -0.25) is 19.7 Å². The second kappa shape index (κ2) is 4.39. The molecule has 0 aromatic heterocycles. The molecule has 1 aromatic rings. The van der Waals surface area contributed by atoms with Crippen molar-refractivity contribution in [3.63, 3.8) is 0 Å². The molecule has 0 saturated carbocycles. The summed E-state index contributed by atoms with van der Waals surface area (Å²) in [6, 6.07) is 2.37. The molecular weight excluding hydrogens is 214 g/mol. The summed E-state index contributed by atoms with van der Waals surface area (Å²) in [5, 5.41) is 13.0. The smallest absolute Gasteiger partial charge is 0.275 e. The molecule has 0 radical (unpaired) electrons. The highest BCUT2D eigenvalue weighted by atomic mass is 16.6. The van der Waals surface area contributed by atoms with Crippen LogP contribution in [0.2, 0.25) is 0 Å². The molecule has 1 aromatic carbocycles. The maximum absolute atomic E-state index is 10.9. The van der Waals surface area contributed by atoms with Gasteiger partial charge in [-0.15, -0.1) is 0 Å². The van der Waals surface area contributed by atoms with Gasteiger partial charge in [0.2, 0.25) is 12.3 Å². The Balaban J connectivity index is 3.44. The molecule has 3 N–H and O–H groups in total. The van der Waals surface area contributed by atoms with Crippen LogP contribution in [0.1, 0.15) is 15.9 Å². The van der Waals surface area contributed by atoms with Crippen LogP contribution in [0.4, 0.5) is 11.4 Å². The summed E-state index contributed by atoms with van der Waals surface area (Å²) in [5.41, 5.74) is 5.19.